The van der Waals surface area contributed by atoms with Crippen molar-refractivity contribution < 1.29 is 19.4 Å². The van der Waals surface area contributed by atoms with Crippen molar-refractivity contribution in [3.05, 3.63) is 29.8 Å². The predicted octanol–water partition coefficient (Wildman–Crippen LogP) is 2.11. The molecule has 1 unspecified atom stereocenters. The number of nitrogens with one attached hydrogen (secondary N) is 1. The molecule has 0 fully saturated rings. The SMILES string of the molecule is CCOc1ccc(C(=O)C(CC(=O)O)NC(C)C)cc1. The third kappa shape index (κ3) is 5.01. The Labute approximate surface area is 118 Å². The fourth-order valence-electron chi connectivity index (χ4n) is 1.89. The van der Waals surface area contributed by atoms with Crippen LogP contribution >= 0.6 is 0 Å². The van der Waals surface area contributed by atoms with E-state index in [1.807, 2.05) is 20.8 Å². The maximum absolute atomic E-state index is 12.3. The van der Waals surface area contributed by atoms with Gasteiger partial charge in [0.05, 0.1) is 19.1 Å². The van der Waals surface area contributed by atoms with Gasteiger partial charge < -0.3 is 15.2 Å². The van der Waals surface area contributed by atoms with E-state index >= 15 is 0 Å². The number of benzene rings is 1. The van der Waals surface area contributed by atoms with Gasteiger partial charge in [0.1, 0.15) is 5.75 Å². The standard InChI is InChI=1S/C15H21NO4/c1-4-20-12-7-5-11(6-8-12)15(19)13(9-14(17)18)16-10(2)3/h5-8,10,13,16H,4,9H2,1-3H3,(H,17,18). The fourth-order valence-corrected chi connectivity index (χ4v) is 1.89. The lowest BCUT2D eigenvalue weighted by Crippen LogP contribution is -2.42. The zero-order valence-electron chi connectivity index (χ0n) is 12.1. The highest BCUT2D eigenvalue weighted by molar-refractivity contribution is 6.01. The first-order chi connectivity index (χ1) is 9.43. The van der Waals surface area contributed by atoms with Crippen molar-refractivity contribution in [1.29, 1.82) is 0 Å². The summed E-state index contributed by atoms with van der Waals surface area (Å²) >= 11 is 0. The van der Waals surface area contributed by atoms with Gasteiger partial charge in [0.15, 0.2) is 5.78 Å². The van der Waals surface area contributed by atoms with E-state index in [4.69, 9.17) is 9.84 Å². The van der Waals surface area contributed by atoms with Gasteiger partial charge in [-0.2, -0.15) is 0 Å². The Hall–Kier alpha value is -1.88. The number of Topliss-reactive ketones (excluding diaryl/α,β-unsaturated/α-hetero) is 1. The second kappa shape index (κ2) is 7.65. The maximum Gasteiger partial charge on any atom is 0.305 e. The molecule has 1 aromatic rings. The van der Waals surface area contributed by atoms with Crippen molar-refractivity contribution in [2.24, 2.45) is 0 Å². The Balaban J connectivity index is 2.84. The highest BCUT2D eigenvalue weighted by atomic mass is 16.5. The minimum atomic E-state index is -0.998. The van der Waals surface area contributed by atoms with Crippen molar-refractivity contribution in [1.82, 2.24) is 5.32 Å². The molecule has 0 aliphatic rings. The summed E-state index contributed by atoms with van der Waals surface area (Å²) < 4.78 is 5.31. The number of ketones is 1. The highest BCUT2D eigenvalue weighted by Crippen LogP contribution is 2.14. The molecule has 0 spiro atoms. The Morgan fingerprint density at radius 1 is 1.25 bits per heavy atom. The van der Waals surface area contributed by atoms with Crippen LogP contribution in [0.1, 0.15) is 37.6 Å². The lowest BCUT2D eigenvalue weighted by Gasteiger charge is -2.18. The second-order valence-corrected chi connectivity index (χ2v) is 4.79. The summed E-state index contributed by atoms with van der Waals surface area (Å²) in [5.74, 6) is -0.526. The van der Waals surface area contributed by atoms with Gasteiger partial charge in [0.25, 0.3) is 0 Å². The van der Waals surface area contributed by atoms with Crippen LogP contribution in [0.15, 0.2) is 24.3 Å². The smallest absolute Gasteiger partial charge is 0.305 e. The zero-order valence-corrected chi connectivity index (χ0v) is 12.1. The molecular weight excluding hydrogens is 258 g/mol. The number of aliphatic carboxylic acids is 1. The molecule has 0 saturated carbocycles. The Morgan fingerprint density at radius 2 is 1.85 bits per heavy atom. The lowest BCUT2D eigenvalue weighted by molar-refractivity contribution is -0.137. The van der Waals surface area contributed by atoms with Crippen LogP contribution in [0.4, 0.5) is 0 Å². The highest BCUT2D eigenvalue weighted by Gasteiger charge is 2.23. The number of hydrogen-bond donors (Lipinski definition) is 2. The first-order valence-electron chi connectivity index (χ1n) is 6.69. The molecule has 2 N–H and O–H groups in total. The van der Waals surface area contributed by atoms with Crippen molar-refractivity contribution in [3.8, 4) is 5.75 Å². The van der Waals surface area contributed by atoms with E-state index in [0.717, 1.165) is 0 Å². The van der Waals surface area contributed by atoms with E-state index in [-0.39, 0.29) is 18.2 Å². The minimum Gasteiger partial charge on any atom is -0.494 e. The summed E-state index contributed by atoms with van der Waals surface area (Å²) in [6.07, 6.45) is -0.232. The molecular formula is C15H21NO4. The monoisotopic (exact) mass is 279 g/mol. The molecule has 0 heterocycles. The van der Waals surface area contributed by atoms with Gasteiger partial charge in [0, 0.05) is 11.6 Å². The summed E-state index contributed by atoms with van der Waals surface area (Å²) in [5, 5.41) is 11.9. The van der Waals surface area contributed by atoms with Crippen LogP contribution in [-0.4, -0.2) is 35.5 Å². The second-order valence-electron chi connectivity index (χ2n) is 4.79. The molecule has 1 atom stereocenters. The first kappa shape index (κ1) is 16.2. The van der Waals surface area contributed by atoms with E-state index in [9.17, 15) is 9.59 Å². The van der Waals surface area contributed by atoms with Crippen LogP contribution < -0.4 is 10.1 Å². The first-order valence-corrected chi connectivity index (χ1v) is 6.69. The Kier molecular flexibility index (Phi) is 6.18. The van der Waals surface area contributed by atoms with E-state index in [0.29, 0.717) is 17.9 Å². The van der Waals surface area contributed by atoms with Gasteiger partial charge >= 0.3 is 5.97 Å². The molecule has 1 aromatic carbocycles. The average Bonchev–Trinajstić information content (AvgIpc) is 2.37. The van der Waals surface area contributed by atoms with Crippen molar-refractivity contribution >= 4 is 11.8 Å². The van der Waals surface area contributed by atoms with E-state index in [1.54, 1.807) is 24.3 Å². The maximum atomic E-state index is 12.3. The molecule has 0 aromatic heterocycles. The van der Waals surface area contributed by atoms with Crippen molar-refractivity contribution in [2.75, 3.05) is 6.61 Å². The molecule has 0 saturated heterocycles. The van der Waals surface area contributed by atoms with Crippen LogP contribution in [0.5, 0.6) is 5.75 Å². The molecule has 1 rings (SSSR count). The number of carboxylic acid groups (broad SMARTS) is 1. The molecule has 0 bridgehead atoms. The zero-order chi connectivity index (χ0) is 15.1. The molecule has 110 valence electrons. The largest absolute Gasteiger partial charge is 0.494 e. The fraction of sp³-hybridized carbons (Fsp3) is 0.467. The van der Waals surface area contributed by atoms with E-state index < -0.39 is 12.0 Å². The van der Waals surface area contributed by atoms with Gasteiger partial charge in [0.2, 0.25) is 0 Å². The van der Waals surface area contributed by atoms with Gasteiger partial charge in [-0.1, -0.05) is 13.8 Å². The predicted molar refractivity (Wildman–Crippen MR) is 76.3 cm³/mol. The Morgan fingerprint density at radius 3 is 2.30 bits per heavy atom. The van der Waals surface area contributed by atoms with Crippen LogP contribution in [0.3, 0.4) is 0 Å². The van der Waals surface area contributed by atoms with E-state index in [1.165, 1.54) is 0 Å². The quantitative estimate of drug-likeness (QED) is 0.713. The third-order valence-corrected chi connectivity index (χ3v) is 2.68. The number of carbonyl (C=O) groups is 2. The third-order valence-electron chi connectivity index (χ3n) is 2.68. The molecule has 0 aliphatic heterocycles. The van der Waals surface area contributed by atoms with Gasteiger partial charge in [-0.05, 0) is 31.2 Å². The Bertz CT molecular complexity index is 453. The summed E-state index contributed by atoms with van der Waals surface area (Å²) in [7, 11) is 0. The number of carbonyl (C=O) groups excluding carboxylic acids is 1. The molecule has 5 heteroatoms. The number of carboxylic acids is 1. The average molecular weight is 279 g/mol. The number of ether oxygens (including phenoxy) is 1. The summed E-state index contributed by atoms with van der Waals surface area (Å²) in [5.41, 5.74) is 0.479. The number of rotatable bonds is 8. The van der Waals surface area contributed by atoms with Crippen LogP contribution in [0.25, 0.3) is 0 Å². The normalized spacial score (nSPS) is 12.2. The van der Waals surface area contributed by atoms with Crippen LogP contribution in [-0.2, 0) is 4.79 Å². The topological polar surface area (TPSA) is 75.6 Å². The molecule has 0 aliphatic carbocycles. The molecule has 20 heavy (non-hydrogen) atoms. The van der Waals surface area contributed by atoms with Crippen molar-refractivity contribution in [3.63, 3.8) is 0 Å². The number of hydrogen-bond acceptors (Lipinski definition) is 4. The van der Waals surface area contributed by atoms with Gasteiger partial charge in [-0.25, -0.2) is 0 Å². The van der Waals surface area contributed by atoms with Gasteiger partial charge in [-0.3, -0.25) is 9.59 Å². The minimum absolute atomic E-state index is 0.0333. The summed E-state index contributed by atoms with van der Waals surface area (Å²) in [6.45, 7) is 6.19. The summed E-state index contributed by atoms with van der Waals surface area (Å²) in [4.78, 5) is 23.2. The molecule has 0 amide bonds. The van der Waals surface area contributed by atoms with Crippen LogP contribution in [0.2, 0.25) is 0 Å². The molecule has 0 radical (unpaired) electrons. The van der Waals surface area contributed by atoms with Crippen molar-refractivity contribution in [2.45, 2.75) is 39.3 Å². The summed E-state index contributed by atoms with van der Waals surface area (Å²) in [6, 6.07) is 6.05. The van der Waals surface area contributed by atoms with Crippen LogP contribution in [0, 0.1) is 0 Å². The molecule has 5 nitrogen and oxygen atoms in total. The van der Waals surface area contributed by atoms with E-state index in [2.05, 4.69) is 5.32 Å². The lowest BCUT2D eigenvalue weighted by atomic mass is 10.0. The van der Waals surface area contributed by atoms with Gasteiger partial charge in [-0.15, -0.1) is 0 Å².